The lowest BCUT2D eigenvalue weighted by Crippen LogP contribution is -2.52. The third-order valence-electron chi connectivity index (χ3n) is 18.6. The predicted molar refractivity (Wildman–Crippen MR) is 378 cm³/mol. The molecule has 6 amide bonds. The molecule has 1 aliphatic carbocycles. The Hall–Kier alpha value is -9.21. The lowest BCUT2D eigenvalue weighted by Gasteiger charge is -2.33. The molecule has 2 fully saturated rings. The number of benzene rings is 3. The van der Waals surface area contributed by atoms with E-state index in [0.29, 0.717) is 50.0 Å². The maximum Gasteiger partial charge on any atom is 0.320 e. The highest BCUT2D eigenvalue weighted by molar-refractivity contribution is 5.93. The van der Waals surface area contributed by atoms with E-state index >= 15 is 0 Å². The van der Waals surface area contributed by atoms with Crippen molar-refractivity contribution in [3.05, 3.63) is 83.4 Å². The smallest absolute Gasteiger partial charge is 0.320 e. The molecular weight excluding hydrogens is 1350 g/mol. The fraction of sp³-hybridized carbons (Fsp3) is 0.597. The van der Waals surface area contributed by atoms with Gasteiger partial charge in [-0.2, -0.15) is 0 Å². The number of hydrogen-bond donors (Lipinski definition) is 14. The van der Waals surface area contributed by atoms with Crippen LogP contribution in [0.3, 0.4) is 0 Å². The zero-order valence-corrected chi connectivity index (χ0v) is 59.7. The van der Waals surface area contributed by atoms with Gasteiger partial charge >= 0.3 is 35.8 Å². The van der Waals surface area contributed by atoms with E-state index in [0.717, 1.165) is 28.3 Å². The SMILES string of the molecule is CC(C)Cc1ccc(C(C)C(=O)NC(CC(=O)[O-])C(=O)NCCCCC(NC(=O)CN2CCN(CC(=O)O)CCN(CC(=O)O)CCN(CC(=O)O)CC2)C(=O)NCC2CCC(C(=O)NC(Cc3ccc4ccccc4c3)C(=O)NCCCCC(NCNC(CCC(=O)O)C(=O)O)C(=O)O)CC2)cc1. The number of carbonyl (C=O) groups excluding carboxylic acids is 7. The van der Waals surface area contributed by atoms with Crippen LogP contribution in [0.25, 0.3) is 10.8 Å². The van der Waals surface area contributed by atoms with E-state index in [9.17, 15) is 93.0 Å². The summed E-state index contributed by atoms with van der Waals surface area (Å²) in [5.41, 5.74) is 2.53. The molecule has 3 aromatic rings. The highest BCUT2D eigenvalue weighted by atomic mass is 16.4. The summed E-state index contributed by atoms with van der Waals surface area (Å²) in [5, 5.41) is 93.4. The number of carboxylic acid groups (broad SMARTS) is 7. The fourth-order valence-electron chi connectivity index (χ4n) is 12.6. The van der Waals surface area contributed by atoms with Crippen molar-refractivity contribution in [3.8, 4) is 0 Å². The molecule has 5 rings (SSSR count). The van der Waals surface area contributed by atoms with Crippen LogP contribution in [0.15, 0.2) is 66.7 Å². The summed E-state index contributed by atoms with van der Waals surface area (Å²) in [4.78, 5) is 172. The Kier molecular flexibility index (Phi) is 37.1. The van der Waals surface area contributed by atoms with E-state index in [2.05, 4.69) is 56.4 Å². The van der Waals surface area contributed by atoms with Crippen molar-refractivity contribution < 1.29 is 98.1 Å². The van der Waals surface area contributed by atoms with Crippen molar-refractivity contribution in [2.75, 3.05) is 105 Å². The van der Waals surface area contributed by atoms with Crippen LogP contribution in [0, 0.1) is 17.8 Å². The summed E-state index contributed by atoms with van der Waals surface area (Å²) in [6.07, 6.45) is 2.67. The van der Waals surface area contributed by atoms with Crippen LogP contribution in [0.5, 0.6) is 0 Å². The second-order valence-corrected chi connectivity index (χ2v) is 27.4. The van der Waals surface area contributed by atoms with Crippen molar-refractivity contribution >= 4 is 88.0 Å². The number of amides is 6. The van der Waals surface area contributed by atoms with Gasteiger partial charge in [0.1, 0.15) is 30.2 Å². The second kappa shape index (κ2) is 45.1. The topological polar surface area (TPSA) is 476 Å². The number of fused-ring (bicyclic) bond motifs is 1. The van der Waals surface area contributed by atoms with E-state index in [4.69, 9.17) is 5.11 Å². The highest BCUT2D eigenvalue weighted by Gasteiger charge is 2.33. The maximum absolute atomic E-state index is 14.4. The first kappa shape index (κ1) is 85.4. The zero-order chi connectivity index (χ0) is 76.3. The Balaban J connectivity index is 1.23. The minimum atomic E-state index is -1.57. The van der Waals surface area contributed by atoms with Crippen LogP contribution in [-0.2, 0) is 75.2 Å². The number of hydrogen-bond acceptors (Lipinski definition) is 20. The van der Waals surface area contributed by atoms with Gasteiger partial charge in [0.2, 0.25) is 35.4 Å². The summed E-state index contributed by atoms with van der Waals surface area (Å²) in [5.74, 6) is -12.8. The van der Waals surface area contributed by atoms with Crippen LogP contribution in [0.2, 0.25) is 0 Å². The first-order valence-electron chi connectivity index (χ1n) is 35.7. The fourth-order valence-corrected chi connectivity index (χ4v) is 12.6. The molecule has 32 nitrogen and oxygen atoms in total. The van der Waals surface area contributed by atoms with Gasteiger partial charge in [-0.1, -0.05) is 80.6 Å². The summed E-state index contributed by atoms with van der Waals surface area (Å²) in [6, 6.07) is 14.9. The molecule has 2 aliphatic rings. The van der Waals surface area contributed by atoms with Crippen LogP contribution < -0.4 is 47.6 Å². The van der Waals surface area contributed by atoms with Crippen LogP contribution in [-0.4, -0.2) is 263 Å². The van der Waals surface area contributed by atoms with E-state index in [1.54, 1.807) is 26.5 Å². The maximum atomic E-state index is 14.4. The number of nitrogens with zero attached hydrogens (tertiary/aromatic N) is 4. The Bertz CT molecular complexity index is 3320. The van der Waals surface area contributed by atoms with Gasteiger partial charge in [0.15, 0.2) is 0 Å². The molecule has 1 heterocycles. The molecule has 0 aromatic heterocycles. The van der Waals surface area contributed by atoms with Gasteiger partial charge in [-0.25, -0.2) is 0 Å². The van der Waals surface area contributed by atoms with Gasteiger partial charge in [-0.05, 0) is 123 Å². The Morgan fingerprint density at radius 3 is 1.45 bits per heavy atom. The predicted octanol–water partition coefficient (Wildman–Crippen LogP) is -0.142. The lowest BCUT2D eigenvalue weighted by atomic mass is 9.81. The molecule has 3 aromatic carbocycles. The number of unbranched alkanes of at least 4 members (excludes halogenated alkanes) is 2. The number of rotatable bonds is 44. The molecule has 104 heavy (non-hydrogen) atoms. The van der Waals surface area contributed by atoms with E-state index in [1.807, 2.05) is 66.7 Å². The molecular formula is C72H105N12O20-. The van der Waals surface area contributed by atoms with Gasteiger partial charge in [-0.15, -0.1) is 0 Å². The van der Waals surface area contributed by atoms with Crippen molar-refractivity contribution in [1.29, 1.82) is 0 Å². The molecule has 0 radical (unpaired) electrons. The highest BCUT2D eigenvalue weighted by Crippen LogP contribution is 2.29. The molecule has 1 saturated carbocycles. The van der Waals surface area contributed by atoms with E-state index < -0.39 is 126 Å². The zero-order valence-electron chi connectivity index (χ0n) is 59.7. The minimum absolute atomic E-state index is 0.0165. The van der Waals surface area contributed by atoms with Gasteiger partial charge in [0.25, 0.3) is 0 Å². The van der Waals surface area contributed by atoms with Crippen molar-refractivity contribution in [2.45, 2.75) is 153 Å². The van der Waals surface area contributed by atoms with Gasteiger partial charge in [-0.3, -0.25) is 87.8 Å². The molecule has 1 saturated heterocycles. The van der Waals surface area contributed by atoms with Crippen molar-refractivity contribution in [1.82, 2.24) is 62.1 Å². The van der Waals surface area contributed by atoms with Crippen molar-refractivity contribution in [3.63, 3.8) is 0 Å². The summed E-state index contributed by atoms with van der Waals surface area (Å²) < 4.78 is 0. The van der Waals surface area contributed by atoms with Gasteiger partial charge in [0, 0.05) is 110 Å². The second-order valence-electron chi connectivity index (χ2n) is 27.4. The average Bonchev–Trinajstić information content (AvgIpc) is 0.844. The molecule has 6 atom stereocenters. The monoisotopic (exact) mass is 1460 g/mol. The molecule has 32 heteroatoms. The standard InChI is InChI=1S/C72H106N12O20/c1-46(2)36-48-14-19-51(20-15-48)47(3)66(96)79-59(39-62(88)89)70(100)74-26-8-6-12-55(78-60(85)41-81-28-30-82(42-63(90)91)32-34-84(44-65(94)95)35-33-83(31-29-81)43-64(92)93)68(98)75-40-49-16-22-53(23-17-49)67(97)80-58(38-50-18-21-52-10-4-5-11-54(52)37-50)69(99)73-27-9-7-13-56(71(101)102)76-45-77-57(72(103)104)24-25-61(86)87/h4-5,10-11,14-15,18-21,37,46-47,49,53,55-59,76-77H,6-9,12-13,16-17,22-36,38-45H2,1-3H3,(H,73,99)(H,74,100)(H,75,98)(H,78,85)(H,79,96)(H,80,97)(H,86,87)(H,88,89)(H,90,91)(H,92,93)(H,94,95)(H,101,102)(H,103,104)/p-1. The first-order valence-corrected chi connectivity index (χ1v) is 35.7. The molecule has 14 N–H and O–H groups in total. The normalized spacial score (nSPS) is 17.6. The summed E-state index contributed by atoms with van der Waals surface area (Å²) in [6.45, 7) is 5.56. The van der Waals surface area contributed by atoms with E-state index in [-0.39, 0.29) is 155 Å². The minimum Gasteiger partial charge on any atom is -0.550 e. The molecule has 1 aliphatic heterocycles. The van der Waals surface area contributed by atoms with Gasteiger partial charge in [0.05, 0.1) is 32.1 Å². The molecule has 6 unspecified atom stereocenters. The Morgan fingerprint density at radius 2 is 0.952 bits per heavy atom. The largest absolute Gasteiger partial charge is 0.550 e. The number of carbonyl (C=O) groups is 13. The Morgan fingerprint density at radius 1 is 0.471 bits per heavy atom. The van der Waals surface area contributed by atoms with E-state index in [1.165, 1.54) is 0 Å². The number of carboxylic acids is 7. The molecule has 0 bridgehead atoms. The summed E-state index contributed by atoms with van der Waals surface area (Å²) >= 11 is 0. The third-order valence-corrected chi connectivity index (χ3v) is 18.6. The number of aliphatic carboxylic acids is 7. The summed E-state index contributed by atoms with van der Waals surface area (Å²) in [7, 11) is 0. The quantitative estimate of drug-likeness (QED) is 0.0259. The molecule has 574 valence electrons. The van der Waals surface area contributed by atoms with Crippen molar-refractivity contribution in [2.24, 2.45) is 17.8 Å². The van der Waals surface area contributed by atoms with Crippen LogP contribution in [0.1, 0.15) is 127 Å². The molecule has 0 spiro atoms. The first-order chi connectivity index (χ1) is 49.5. The third kappa shape index (κ3) is 32.6. The van der Waals surface area contributed by atoms with Crippen LogP contribution >= 0.6 is 0 Å². The van der Waals surface area contributed by atoms with Gasteiger partial charge < -0.3 is 72.4 Å². The Labute approximate surface area is 605 Å². The average molecular weight is 1460 g/mol. The number of nitrogens with one attached hydrogen (secondary N) is 8. The lowest BCUT2D eigenvalue weighted by molar-refractivity contribution is -0.306. The van der Waals surface area contributed by atoms with Crippen LogP contribution in [0.4, 0.5) is 0 Å².